The number of fused-ring (bicyclic) bond motifs is 1. The molecular formula is C27H34N4O2S. The van der Waals surface area contributed by atoms with Gasteiger partial charge in [-0.25, -0.2) is 4.98 Å². The highest BCUT2D eigenvalue weighted by Crippen LogP contribution is 2.33. The summed E-state index contributed by atoms with van der Waals surface area (Å²) in [6.45, 7) is 7.42. The maximum Gasteiger partial charge on any atom is 0.225 e. The Morgan fingerprint density at radius 2 is 1.94 bits per heavy atom. The first kappa shape index (κ1) is 23.1. The number of carbonyl (C=O) groups excluding carboxylic acids is 1. The molecule has 1 atom stereocenters. The molecule has 2 aromatic carbocycles. The van der Waals surface area contributed by atoms with Gasteiger partial charge < -0.3 is 15.0 Å². The van der Waals surface area contributed by atoms with Gasteiger partial charge in [-0.05, 0) is 56.4 Å². The van der Waals surface area contributed by atoms with Crippen molar-refractivity contribution < 1.29 is 9.53 Å². The summed E-state index contributed by atoms with van der Waals surface area (Å²) in [5, 5.41) is 4.38. The minimum Gasteiger partial charge on any atom is -0.494 e. The zero-order valence-corrected chi connectivity index (χ0v) is 20.7. The van der Waals surface area contributed by atoms with E-state index in [4.69, 9.17) is 9.72 Å². The second kappa shape index (κ2) is 10.7. The summed E-state index contributed by atoms with van der Waals surface area (Å²) >= 11 is 1.69. The summed E-state index contributed by atoms with van der Waals surface area (Å²) in [4.78, 5) is 22.7. The summed E-state index contributed by atoms with van der Waals surface area (Å²) in [5.41, 5.74) is 2.36. The number of hydrogen-bond acceptors (Lipinski definition) is 6. The van der Waals surface area contributed by atoms with E-state index in [0.717, 1.165) is 79.5 Å². The normalized spacial score (nSPS) is 19.9. The van der Waals surface area contributed by atoms with Gasteiger partial charge in [-0.3, -0.25) is 9.69 Å². The number of thiazole rings is 1. The smallest absolute Gasteiger partial charge is 0.225 e. The summed E-state index contributed by atoms with van der Waals surface area (Å²) in [6, 6.07) is 17.0. The molecule has 0 aliphatic carbocycles. The molecule has 1 amide bonds. The molecule has 7 heteroatoms. The van der Waals surface area contributed by atoms with Gasteiger partial charge >= 0.3 is 0 Å². The van der Waals surface area contributed by atoms with Gasteiger partial charge in [0.25, 0.3) is 0 Å². The van der Waals surface area contributed by atoms with E-state index in [0.29, 0.717) is 6.61 Å². The summed E-state index contributed by atoms with van der Waals surface area (Å²) in [7, 11) is 0. The molecule has 34 heavy (non-hydrogen) atoms. The Bertz CT molecular complexity index is 1090. The lowest BCUT2D eigenvalue weighted by Gasteiger charge is -2.35. The Hall–Kier alpha value is -2.64. The van der Waals surface area contributed by atoms with Crippen LogP contribution in [-0.2, 0) is 11.3 Å². The first-order chi connectivity index (χ1) is 16.7. The molecule has 2 aliphatic rings. The molecule has 2 aliphatic heterocycles. The van der Waals surface area contributed by atoms with Gasteiger partial charge in [-0.2, -0.15) is 0 Å². The number of carbonyl (C=O) groups is 1. The van der Waals surface area contributed by atoms with E-state index in [-0.39, 0.29) is 17.9 Å². The van der Waals surface area contributed by atoms with Crippen molar-refractivity contribution in [3.63, 3.8) is 0 Å². The number of nitrogens with zero attached hydrogens (tertiary/aromatic N) is 3. The maximum atomic E-state index is 13.1. The monoisotopic (exact) mass is 478 g/mol. The SMILES string of the molecule is CCOc1ccc2nc(N3CCCC(C(=O)NC4CCN(Cc5ccccc5)CC4)C3)sc2c1. The van der Waals surface area contributed by atoms with Crippen LogP contribution in [0.2, 0.25) is 0 Å². The quantitative estimate of drug-likeness (QED) is 0.534. The van der Waals surface area contributed by atoms with Crippen LogP contribution in [0.4, 0.5) is 5.13 Å². The molecule has 2 saturated heterocycles. The molecule has 0 saturated carbocycles. The van der Waals surface area contributed by atoms with Gasteiger partial charge in [0.15, 0.2) is 5.13 Å². The third-order valence-electron chi connectivity index (χ3n) is 6.91. The number of aromatic nitrogens is 1. The number of likely N-dealkylation sites (tertiary alicyclic amines) is 1. The average molecular weight is 479 g/mol. The highest BCUT2D eigenvalue weighted by Gasteiger charge is 2.29. The van der Waals surface area contributed by atoms with Crippen molar-refractivity contribution >= 4 is 32.6 Å². The second-order valence-corrected chi connectivity index (χ2v) is 10.4. The van der Waals surface area contributed by atoms with Crippen LogP contribution >= 0.6 is 11.3 Å². The van der Waals surface area contributed by atoms with E-state index < -0.39 is 0 Å². The molecule has 6 nitrogen and oxygen atoms in total. The van der Waals surface area contributed by atoms with E-state index >= 15 is 0 Å². The fourth-order valence-electron chi connectivity index (χ4n) is 5.05. The molecule has 3 aromatic rings. The molecule has 0 spiro atoms. The van der Waals surface area contributed by atoms with E-state index in [1.807, 2.05) is 19.1 Å². The van der Waals surface area contributed by atoms with Crippen LogP contribution in [0.15, 0.2) is 48.5 Å². The lowest BCUT2D eigenvalue weighted by Crippen LogP contribution is -2.49. The van der Waals surface area contributed by atoms with E-state index in [2.05, 4.69) is 51.5 Å². The van der Waals surface area contributed by atoms with Gasteiger partial charge in [-0.15, -0.1) is 0 Å². The fourth-order valence-corrected chi connectivity index (χ4v) is 6.07. The molecule has 3 heterocycles. The molecule has 0 radical (unpaired) electrons. The fraction of sp³-hybridized carbons (Fsp3) is 0.481. The van der Waals surface area contributed by atoms with E-state index in [1.54, 1.807) is 11.3 Å². The number of nitrogens with one attached hydrogen (secondary N) is 1. The Morgan fingerprint density at radius 3 is 2.74 bits per heavy atom. The second-order valence-electron chi connectivity index (χ2n) is 9.39. The van der Waals surface area contributed by atoms with Gasteiger partial charge in [0, 0.05) is 38.8 Å². The van der Waals surface area contributed by atoms with Crippen LogP contribution in [-0.4, -0.2) is 54.6 Å². The molecule has 180 valence electrons. The van der Waals surface area contributed by atoms with E-state index in [9.17, 15) is 4.79 Å². The van der Waals surface area contributed by atoms with Crippen molar-refractivity contribution in [1.29, 1.82) is 0 Å². The van der Waals surface area contributed by atoms with Crippen molar-refractivity contribution in [3.05, 3.63) is 54.1 Å². The highest BCUT2D eigenvalue weighted by molar-refractivity contribution is 7.22. The Balaban J connectivity index is 1.14. The van der Waals surface area contributed by atoms with Gasteiger partial charge in [-0.1, -0.05) is 41.7 Å². The first-order valence-electron chi connectivity index (χ1n) is 12.5. The largest absolute Gasteiger partial charge is 0.494 e. The number of benzene rings is 2. The molecule has 1 unspecified atom stereocenters. The number of piperidine rings is 2. The zero-order valence-electron chi connectivity index (χ0n) is 19.9. The molecule has 1 aromatic heterocycles. The van der Waals surface area contributed by atoms with Crippen molar-refractivity contribution in [2.24, 2.45) is 5.92 Å². The van der Waals surface area contributed by atoms with Crippen LogP contribution in [0, 0.1) is 5.92 Å². The number of anilines is 1. The Labute approximate surface area is 205 Å². The molecular weight excluding hydrogens is 444 g/mol. The molecule has 5 rings (SSSR count). The van der Waals surface area contributed by atoms with Crippen molar-refractivity contribution in [2.75, 3.05) is 37.7 Å². The van der Waals surface area contributed by atoms with Crippen LogP contribution in [0.1, 0.15) is 38.2 Å². The lowest BCUT2D eigenvalue weighted by atomic mass is 9.96. The number of rotatable bonds is 7. The van der Waals surface area contributed by atoms with Crippen LogP contribution < -0.4 is 15.0 Å². The van der Waals surface area contributed by atoms with Crippen LogP contribution in [0.5, 0.6) is 5.75 Å². The third-order valence-corrected chi connectivity index (χ3v) is 7.98. The average Bonchev–Trinajstić information content (AvgIpc) is 3.30. The van der Waals surface area contributed by atoms with Crippen LogP contribution in [0.25, 0.3) is 10.2 Å². The highest BCUT2D eigenvalue weighted by atomic mass is 32.1. The predicted molar refractivity (Wildman–Crippen MR) is 139 cm³/mol. The summed E-state index contributed by atoms with van der Waals surface area (Å²) in [5.74, 6) is 1.13. The predicted octanol–water partition coefficient (Wildman–Crippen LogP) is 4.69. The summed E-state index contributed by atoms with van der Waals surface area (Å²) < 4.78 is 6.77. The Morgan fingerprint density at radius 1 is 1.12 bits per heavy atom. The standard InChI is InChI=1S/C27H34N4O2S/c1-2-33-23-10-11-24-25(17-23)34-27(29-24)31-14-6-9-21(19-31)26(32)28-22-12-15-30(16-13-22)18-20-7-4-3-5-8-20/h3-5,7-8,10-11,17,21-22H,2,6,9,12-16,18-19H2,1H3,(H,28,32). The van der Waals surface area contributed by atoms with Gasteiger partial charge in [0.1, 0.15) is 5.75 Å². The van der Waals surface area contributed by atoms with Crippen LogP contribution in [0.3, 0.4) is 0 Å². The Kier molecular flexibility index (Phi) is 7.30. The van der Waals surface area contributed by atoms with Crippen molar-refractivity contribution in [2.45, 2.75) is 45.2 Å². The summed E-state index contributed by atoms with van der Waals surface area (Å²) in [6.07, 6.45) is 4.02. The third kappa shape index (κ3) is 5.53. The number of ether oxygens (including phenoxy) is 1. The number of hydrogen-bond donors (Lipinski definition) is 1. The number of amides is 1. The molecule has 0 bridgehead atoms. The van der Waals surface area contributed by atoms with Gasteiger partial charge in [0.05, 0.1) is 22.7 Å². The topological polar surface area (TPSA) is 57.7 Å². The molecule has 2 fully saturated rings. The minimum atomic E-state index is 0.0297. The zero-order chi connectivity index (χ0) is 23.3. The lowest BCUT2D eigenvalue weighted by molar-refractivity contribution is -0.126. The molecule has 1 N–H and O–H groups in total. The first-order valence-corrected chi connectivity index (χ1v) is 13.3. The van der Waals surface area contributed by atoms with Crippen molar-refractivity contribution in [3.8, 4) is 5.75 Å². The van der Waals surface area contributed by atoms with E-state index in [1.165, 1.54) is 5.56 Å². The minimum absolute atomic E-state index is 0.0297. The maximum absolute atomic E-state index is 13.1. The van der Waals surface area contributed by atoms with Gasteiger partial charge in [0.2, 0.25) is 5.91 Å². The van der Waals surface area contributed by atoms with Crippen molar-refractivity contribution in [1.82, 2.24) is 15.2 Å².